The first-order valence-corrected chi connectivity index (χ1v) is 7.76. The molecule has 0 saturated heterocycles. The third-order valence-electron chi connectivity index (χ3n) is 4.44. The van der Waals surface area contributed by atoms with Crippen molar-refractivity contribution in [1.82, 2.24) is 9.97 Å². The van der Waals surface area contributed by atoms with Crippen LogP contribution < -0.4 is 0 Å². The highest BCUT2D eigenvalue weighted by Gasteiger charge is 2.59. The standard InChI is InChI=1S/C18H22F2N2O2/c1-11(2)8-14-13(21-10-15(22-14)16(23)24-5)9-12(3)18(6-7-18)17(4,19)20/h9-10H,1,6-8H2,2-5H3/b12-9+. The number of carbonyl (C=O) groups excluding carboxylic acids is 1. The lowest BCUT2D eigenvalue weighted by atomic mass is 9.89. The number of rotatable bonds is 6. The van der Waals surface area contributed by atoms with Crippen molar-refractivity contribution in [3.63, 3.8) is 0 Å². The van der Waals surface area contributed by atoms with Gasteiger partial charge in [0.15, 0.2) is 5.69 Å². The topological polar surface area (TPSA) is 52.1 Å². The Hall–Kier alpha value is -2.11. The van der Waals surface area contributed by atoms with E-state index >= 15 is 0 Å². The van der Waals surface area contributed by atoms with E-state index in [1.807, 2.05) is 6.92 Å². The molecule has 0 amide bonds. The first-order valence-electron chi connectivity index (χ1n) is 7.76. The summed E-state index contributed by atoms with van der Waals surface area (Å²) in [5.74, 6) is -3.36. The van der Waals surface area contributed by atoms with Crippen LogP contribution in [0.2, 0.25) is 0 Å². The van der Waals surface area contributed by atoms with E-state index in [4.69, 9.17) is 0 Å². The summed E-state index contributed by atoms with van der Waals surface area (Å²) < 4.78 is 32.4. The maximum absolute atomic E-state index is 13.9. The number of allylic oxidation sites excluding steroid dienone is 2. The van der Waals surface area contributed by atoms with E-state index in [2.05, 4.69) is 21.3 Å². The molecule has 0 unspecified atom stereocenters. The summed E-state index contributed by atoms with van der Waals surface area (Å²) in [6.07, 6.45) is 4.28. The van der Waals surface area contributed by atoms with Crippen LogP contribution in [0.25, 0.3) is 6.08 Å². The lowest BCUT2D eigenvalue weighted by Gasteiger charge is -2.24. The molecule has 24 heavy (non-hydrogen) atoms. The van der Waals surface area contributed by atoms with Crippen molar-refractivity contribution in [2.45, 2.75) is 46.0 Å². The summed E-state index contributed by atoms with van der Waals surface area (Å²) in [5.41, 5.74) is 1.43. The molecule has 2 rings (SSSR count). The number of aromatic nitrogens is 2. The molecule has 0 atom stereocenters. The minimum absolute atomic E-state index is 0.0884. The lowest BCUT2D eigenvalue weighted by molar-refractivity contribution is -0.0378. The van der Waals surface area contributed by atoms with Crippen LogP contribution in [0.4, 0.5) is 8.78 Å². The number of hydrogen-bond donors (Lipinski definition) is 0. The van der Waals surface area contributed by atoms with E-state index in [0.717, 1.165) is 12.5 Å². The molecular weight excluding hydrogens is 314 g/mol. The van der Waals surface area contributed by atoms with Gasteiger partial charge in [0.05, 0.1) is 30.1 Å². The first kappa shape index (κ1) is 18.2. The number of nitrogens with zero attached hydrogens (tertiary/aromatic N) is 2. The molecule has 1 saturated carbocycles. The zero-order valence-corrected chi connectivity index (χ0v) is 14.4. The van der Waals surface area contributed by atoms with Gasteiger partial charge in [-0.05, 0) is 32.8 Å². The third-order valence-corrected chi connectivity index (χ3v) is 4.44. The second-order valence-electron chi connectivity index (χ2n) is 6.51. The highest BCUT2D eigenvalue weighted by atomic mass is 19.3. The highest BCUT2D eigenvalue weighted by molar-refractivity contribution is 5.86. The number of ether oxygens (including phenoxy) is 1. The van der Waals surface area contributed by atoms with Crippen LogP contribution in [-0.2, 0) is 11.2 Å². The molecular formula is C18H22F2N2O2. The van der Waals surface area contributed by atoms with E-state index in [9.17, 15) is 13.6 Å². The number of carbonyl (C=O) groups is 1. The van der Waals surface area contributed by atoms with Gasteiger partial charge in [-0.2, -0.15) is 0 Å². The van der Waals surface area contributed by atoms with E-state index in [1.54, 1.807) is 13.0 Å². The van der Waals surface area contributed by atoms with Crippen molar-refractivity contribution in [2.75, 3.05) is 7.11 Å². The predicted octanol–water partition coefficient (Wildman–Crippen LogP) is 4.22. The normalized spacial score (nSPS) is 16.7. The second kappa shape index (κ2) is 6.42. The quantitative estimate of drug-likeness (QED) is 0.576. The van der Waals surface area contributed by atoms with Crippen LogP contribution in [0.15, 0.2) is 23.9 Å². The molecule has 6 heteroatoms. The summed E-state index contributed by atoms with van der Waals surface area (Å²) in [6, 6.07) is 0. The Morgan fingerprint density at radius 1 is 1.46 bits per heavy atom. The SMILES string of the molecule is C=C(C)Cc1nc(C(=O)OC)cnc1/C=C(\C)C1(C(C)(F)F)CC1. The summed E-state index contributed by atoms with van der Waals surface area (Å²) in [4.78, 5) is 20.1. The van der Waals surface area contributed by atoms with E-state index < -0.39 is 17.3 Å². The molecule has 1 fully saturated rings. The second-order valence-corrected chi connectivity index (χ2v) is 6.51. The fraction of sp³-hybridized carbons (Fsp3) is 0.500. The van der Waals surface area contributed by atoms with E-state index in [1.165, 1.54) is 13.3 Å². The van der Waals surface area contributed by atoms with Crippen LogP contribution in [0.5, 0.6) is 0 Å². The molecule has 0 aliphatic heterocycles. The maximum atomic E-state index is 13.9. The molecule has 4 nitrogen and oxygen atoms in total. The van der Waals surface area contributed by atoms with E-state index in [-0.39, 0.29) is 5.69 Å². The number of esters is 1. The molecule has 0 spiro atoms. The van der Waals surface area contributed by atoms with Crippen molar-refractivity contribution < 1.29 is 18.3 Å². The molecule has 1 aromatic rings. The van der Waals surface area contributed by atoms with E-state index in [0.29, 0.717) is 36.2 Å². The van der Waals surface area contributed by atoms with Crippen LogP contribution in [0, 0.1) is 5.41 Å². The van der Waals surface area contributed by atoms with Gasteiger partial charge in [-0.1, -0.05) is 17.7 Å². The highest BCUT2D eigenvalue weighted by Crippen LogP contribution is 2.61. The number of hydrogen-bond acceptors (Lipinski definition) is 4. The minimum atomic E-state index is -2.78. The molecule has 1 aliphatic rings. The maximum Gasteiger partial charge on any atom is 0.358 e. The van der Waals surface area contributed by atoms with Gasteiger partial charge in [0.25, 0.3) is 5.92 Å². The number of methoxy groups -OCH3 is 1. The summed E-state index contributed by atoms with van der Waals surface area (Å²) >= 11 is 0. The monoisotopic (exact) mass is 336 g/mol. The fourth-order valence-corrected chi connectivity index (χ4v) is 2.82. The largest absolute Gasteiger partial charge is 0.464 e. The van der Waals surface area contributed by atoms with Gasteiger partial charge in [-0.3, -0.25) is 4.98 Å². The summed E-state index contributed by atoms with van der Waals surface area (Å²) in [6.45, 7) is 8.33. The molecule has 0 aromatic carbocycles. The molecule has 1 heterocycles. The Kier molecular flexibility index (Phi) is 4.87. The average molecular weight is 336 g/mol. The van der Waals surface area contributed by atoms with Crippen molar-refractivity contribution in [3.05, 3.63) is 41.0 Å². The molecule has 1 aliphatic carbocycles. The lowest BCUT2D eigenvalue weighted by Crippen LogP contribution is -2.27. The Morgan fingerprint density at radius 2 is 2.08 bits per heavy atom. The molecule has 0 N–H and O–H groups in total. The fourth-order valence-electron chi connectivity index (χ4n) is 2.82. The van der Waals surface area contributed by atoms with Crippen molar-refractivity contribution in [3.8, 4) is 0 Å². The van der Waals surface area contributed by atoms with Gasteiger partial charge >= 0.3 is 5.97 Å². The number of alkyl halides is 2. The van der Waals surface area contributed by atoms with Gasteiger partial charge in [-0.15, -0.1) is 0 Å². The first-order chi connectivity index (χ1) is 11.1. The summed E-state index contributed by atoms with van der Waals surface area (Å²) in [7, 11) is 1.26. The Balaban J connectivity index is 2.44. The Morgan fingerprint density at radius 3 is 2.54 bits per heavy atom. The molecule has 1 aromatic heterocycles. The number of halogens is 2. The van der Waals surface area contributed by atoms with Crippen molar-refractivity contribution in [2.24, 2.45) is 5.41 Å². The summed E-state index contributed by atoms with van der Waals surface area (Å²) in [5, 5.41) is 0. The molecule has 0 bridgehead atoms. The average Bonchev–Trinajstić information content (AvgIpc) is 3.28. The van der Waals surface area contributed by atoms with Crippen LogP contribution in [-0.4, -0.2) is 29.0 Å². The zero-order chi connectivity index (χ0) is 18.1. The van der Waals surface area contributed by atoms with Gasteiger partial charge < -0.3 is 4.74 Å². The van der Waals surface area contributed by atoms with Crippen LogP contribution in [0.3, 0.4) is 0 Å². The predicted molar refractivity (Wildman–Crippen MR) is 87.8 cm³/mol. The third kappa shape index (κ3) is 3.52. The molecule has 130 valence electrons. The van der Waals surface area contributed by atoms with Gasteiger partial charge in [0.2, 0.25) is 0 Å². The van der Waals surface area contributed by atoms with Gasteiger partial charge in [0, 0.05) is 13.3 Å². The van der Waals surface area contributed by atoms with Crippen LogP contribution in [0.1, 0.15) is 55.5 Å². The van der Waals surface area contributed by atoms with Crippen molar-refractivity contribution in [1.29, 1.82) is 0 Å². The minimum Gasteiger partial charge on any atom is -0.464 e. The van der Waals surface area contributed by atoms with Crippen molar-refractivity contribution >= 4 is 12.0 Å². The smallest absolute Gasteiger partial charge is 0.358 e. The van der Waals surface area contributed by atoms with Gasteiger partial charge in [-0.25, -0.2) is 18.6 Å². The molecule has 0 radical (unpaired) electrons. The van der Waals surface area contributed by atoms with Crippen LogP contribution >= 0.6 is 0 Å². The Labute approximate surface area is 140 Å². The zero-order valence-electron chi connectivity index (χ0n) is 14.4. The Bertz CT molecular complexity index is 701. The van der Waals surface area contributed by atoms with Gasteiger partial charge in [0.1, 0.15) is 0 Å².